The monoisotopic (exact) mass is 300 g/mol. The smallest absolute Gasteiger partial charge is 0.0701 e. The molecule has 4 heteroatoms. The van der Waals surface area contributed by atoms with Gasteiger partial charge in [-0.2, -0.15) is 0 Å². The molecular formula is C16H25ClO3. The molecule has 0 bridgehead atoms. The van der Waals surface area contributed by atoms with Crippen molar-refractivity contribution in [2.24, 2.45) is 5.92 Å². The molecule has 0 aliphatic carbocycles. The van der Waals surface area contributed by atoms with Gasteiger partial charge in [-0.15, -0.1) is 11.6 Å². The number of rotatable bonds is 12. The quantitative estimate of drug-likeness (QED) is 0.438. The minimum absolute atomic E-state index is 0.466. The number of halogens is 1. The van der Waals surface area contributed by atoms with Gasteiger partial charge in [0, 0.05) is 19.6 Å². The predicted molar refractivity (Wildman–Crippen MR) is 82.5 cm³/mol. The average molecular weight is 301 g/mol. The van der Waals surface area contributed by atoms with Crippen LogP contribution in [-0.2, 0) is 20.6 Å². The van der Waals surface area contributed by atoms with E-state index in [1.165, 1.54) is 5.56 Å². The molecule has 0 N–H and O–H groups in total. The fraction of sp³-hybridized carbons (Fsp3) is 0.625. The Kier molecular flexibility index (Phi) is 10.6. The summed E-state index contributed by atoms with van der Waals surface area (Å²) >= 11 is 6.02. The molecule has 1 aromatic carbocycles. The normalized spacial score (nSPS) is 12.5. The molecule has 1 rings (SSSR count). The van der Waals surface area contributed by atoms with Gasteiger partial charge in [-0.3, -0.25) is 0 Å². The highest BCUT2D eigenvalue weighted by atomic mass is 35.5. The van der Waals surface area contributed by atoms with Gasteiger partial charge in [0.25, 0.3) is 0 Å². The molecular weight excluding hydrogens is 276 g/mol. The summed E-state index contributed by atoms with van der Waals surface area (Å²) < 4.78 is 15.8. The van der Waals surface area contributed by atoms with E-state index in [9.17, 15) is 0 Å². The standard InChI is InChI=1S/C16H25ClO3/c1-18-9-10-20-12-11-19-8-7-16(14-17)13-15-5-3-2-4-6-15/h2-6,16H,7-14H2,1H3. The van der Waals surface area contributed by atoms with Crippen molar-refractivity contribution in [1.29, 1.82) is 0 Å². The van der Waals surface area contributed by atoms with Gasteiger partial charge in [-0.05, 0) is 24.3 Å². The van der Waals surface area contributed by atoms with E-state index < -0.39 is 0 Å². The van der Waals surface area contributed by atoms with Crippen molar-refractivity contribution in [3.05, 3.63) is 35.9 Å². The highest BCUT2D eigenvalue weighted by molar-refractivity contribution is 6.18. The fourth-order valence-corrected chi connectivity index (χ4v) is 2.16. The van der Waals surface area contributed by atoms with E-state index in [1.807, 2.05) is 6.07 Å². The molecule has 0 heterocycles. The lowest BCUT2D eigenvalue weighted by Crippen LogP contribution is -2.13. The summed E-state index contributed by atoms with van der Waals surface area (Å²) in [5.74, 6) is 1.14. The lowest BCUT2D eigenvalue weighted by Gasteiger charge is -2.14. The molecule has 1 atom stereocenters. The van der Waals surface area contributed by atoms with Crippen LogP contribution < -0.4 is 0 Å². The summed E-state index contributed by atoms with van der Waals surface area (Å²) in [7, 11) is 1.67. The Balaban J connectivity index is 2.04. The van der Waals surface area contributed by atoms with Crippen LogP contribution in [0.15, 0.2) is 30.3 Å². The maximum Gasteiger partial charge on any atom is 0.0701 e. The third-order valence-electron chi connectivity index (χ3n) is 3.06. The van der Waals surface area contributed by atoms with Gasteiger partial charge in [0.1, 0.15) is 0 Å². The Labute approximate surface area is 127 Å². The molecule has 20 heavy (non-hydrogen) atoms. The second-order valence-electron chi connectivity index (χ2n) is 4.72. The van der Waals surface area contributed by atoms with Gasteiger partial charge >= 0.3 is 0 Å². The lowest BCUT2D eigenvalue weighted by molar-refractivity contribution is 0.0223. The predicted octanol–water partition coefficient (Wildman–Crippen LogP) is 3.15. The zero-order valence-corrected chi connectivity index (χ0v) is 13.0. The van der Waals surface area contributed by atoms with E-state index in [4.69, 9.17) is 25.8 Å². The molecule has 0 saturated carbocycles. The van der Waals surface area contributed by atoms with Crippen molar-refractivity contribution in [3.8, 4) is 0 Å². The lowest BCUT2D eigenvalue weighted by atomic mass is 9.98. The third kappa shape index (κ3) is 8.54. The maximum atomic E-state index is 6.02. The Morgan fingerprint density at radius 3 is 2.25 bits per heavy atom. The summed E-state index contributed by atoms with van der Waals surface area (Å²) in [5.41, 5.74) is 1.33. The van der Waals surface area contributed by atoms with E-state index in [0.29, 0.717) is 38.2 Å². The molecule has 0 aromatic heterocycles. The van der Waals surface area contributed by atoms with Gasteiger partial charge in [0.05, 0.1) is 26.4 Å². The second-order valence-corrected chi connectivity index (χ2v) is 5.02. The minimum Gasteiger partial charge on any atom is -0.382 e. The number of ether oxygens (including phenoxy) is 3. The van der Waals surface area contributed by atoms with Crippen LogP contribution >= 0.6 is 11.6 Å². The number of alkyl halides is 1. The fourth-order valence-electron chi connectivity index (χ4n) is 1.90. The zero-order valence-electron chi connectivity index (χ0n) is 12.2. The summed E-state index contributed by atoms with van der Waals surface area (Å²) in [4.78, 5) is 0. The first-order chi connectivity index (χ1) is 9.86. The van der Waals surface area contributed by atoms with Crippen molar-refractivity contribution in [2.45, 2.75) is 12.8 Å². The Bertz CT molecular complexity index is 319. The largest absolute Gasteiger partial charge is 0.382 e. The first kappa shape index (κ1) is 17.4. The van der Waals surface area contributed by atoms with Gasteiger partial charge in [0.15, 0.2) is 0 Å². The van der Waals surface area contributed by atoms with Crippen LogP contribution in [0.3, 0.4) is 0 Å². The number of hydrogen-bond donors (Lipinski definition) is 0. The van der Waals surface area contributed by atoms with Crippen LogP contribution in [0.5, 0.6) is 0 Å². The number of hydrogen-bond acceptors (Lipinski definition) is 3. The molecule has 0 amide bonds. The van der Waals surface area contributed by atoms with Gasteiger partial charge in [0.2, 0.25) is 0 Å². The van der Waals surface area contributed by atoms with Crippen LogP contribution in [0.2, 0.25) is 0 Å². The molecule has 0 radical (unpaired) electrons. The van der Waals surface area contributed by atoms with Crippen molar-refractivity contribution in [3.63, 3.8) is 0 Å². The van der Waals surface area contributed by atoms with Crippen LogP contribution in [0, 0.1) is 5.92 Å². The molecule has 0 saturated heterocycles. The Hall–Kier alpha value is -0.610. The Morgan fingerprint density at radius 1 is 0.950 bits per heavy atom. The van der Waals surface area contributed by atoms with Gasteiger partial charge < -0.3 is 14.2 Å². The molecule has 0 aliphatic heterocycles. The summed E-state index contributed by atoms with van der Waals surface area (Å²) in [6.45, 7) is 3.24. The summed E-state index contributed by atoms with van der Waals surface area (Å²) in [6, 6.07) is 10.4. The van der Waals surface area contributed by atoms with Crippen LogP contribution in [0.4, 0.5) is 0 Å². The summed E-state index contributed by atoms with van der Waals surface area (Å²) in [5, 5.41) is 0. The first-order valence-corrected chi connectivity index (χ1v) is 7.64. The highest BCUT2D eigenvalue weighted by Gasteiger charge is 2.08. The zero-order chi connectivity index (χ0) is 14.5. The molecule has 0 fully saturated rings. The van der Waals surface area contributed by atoms with E-state index in [2.05, 4.69) is 24.3 Å². The van der Waals surface area contributed by atoms with Crippen molar-refractivity contribution in [2.75, 3.05) is 46.0 Å². The van der Waals surface area contributed by atoms with Gasteiger partial charge in [-0.25, -0.2) is 0 Å². The van der Waals surface area contributed by atoms with E-state index in [-0.39, 0.29) is 0 Å². The molecule has 0 spiro atoms. The van der Waals surface area contributed by atoms with E-state index >= 15 is 0 Å². The highest BCUT2D eigenvalue weighted by Crippen LogP contribution is 2.14. The van der Waals surface area contributed by atoms with Crippen molar-refractivity contribution < 1.29 is 14.2 Å². The second kappa shape index (κ2) is 12.2. The first-order valence-electron chi connectivity index (χ1n) is 7.11. The molecule has 1 unspecified atom stereocenters. The number of methoxy groups -OCH3 is 1. The van der Waals surface area contributed by atoms with Crippen LogP contribution in [-0.4, -0.2) is 46.0 Å². The van der Waals surface area contributed by atoms with Crippen molar-refractivity contribution >= 4 is 11.6 Å². The SMILES string of the molecule is COCCOCCOCCC(CCl)Cc1ccccc1. The summed E-state index contributed by atoms with van der Waals surface area (Å²) in [6.07, 6.45) is 1.99. The molecule has 1 aromatic rings. The third-order valence-corrected chi connectivity index (χ3v) is 3.50. The van der Waals surface area contributed by atoms with Gasteiger partial charge in [-0.1, -0.05) is 30.3 Å². The Morgan fingerprint density at radius 2 is 1.60 bits per heavy atom. The topological polar surface area (TPSA) is 27.7 Å². The van der Waals surface area contributed by atoms with Crippen LogP contribution in [0.1, 0.15) is 12.0 Å². The maximum absolute atomic E-state index is 6.02. The minimum atomic E-state index is 0.466. The number of benzene rings is 1. The molecule has 0 aliphatic rings. The van der Waals surface area contributed by atoms with Crippen molar-refractivity contribution in [1.82, 2.24) is 0 Å². The average Bonchev–Trinajstić information content (AvgIpc) is 2.49. The van der Waals surface area contributed by atoms with Crippen LogP contribution in [0.25, 0.3) is 0 Å². The van der Waals surface area contributed by atoms with E-state index in [0.717, 1.165) is 19.4 Å². The van der Waals surface area contributed by atoms with E-state index in [1.54, 1.807) is 7.11 Å². The molecule has 3 nitrogen and oxygen atoms in total. The molecule has 114 valence electrons.